The highest BCUT2D eigenvalue weighted by Crippen LogP contribution is 2.13. The highest BCUT2D eigenvalue weighted by atomic mass is 35.5. The minimum atomic E-state index is -0.277. The van der Waals surface area contributed by atoms with Gasteiger partial charge in [-0.1, -0.05) is 40.5 Å². The Labute approximate surface area is 160 Å². The van der Waals surface area contributed by atoms with E-state index in [0.717, 1.165) is 12.0 Å². The van der Waals surface area contributed by atoms with Gasteiger partial charge in [-0.3, -0.25) is 4.79 Å². The number of benzene rings is 1. The highest BCUT2D eigenvalue weighted by molar-refractivity contribution is 6.30. The van der Waals surface area contributed by atoms with Crippen molar-refractivity contribution in [2.24, 2.45) is 0 Å². The van der Waals surface area contributed by atoms with Crippen molar-refractivity contribution in [3.05, 3.63) is 68.1 Å². The number of hydrogen-bond donors (Lipinski definition) is 0. The Morgan fingerprint density at radius 2 is 1.88 bits per heavy atom. The molecule has 0 saturated heterocycles. The van der Waals surface area contributed by atoms with Gasteiger partial charge in [0.05, 0.1) is 0 Å². The lowest BCUT2D eigenvalue weighted by atomic mass is 10.1. The third-order valence-corrected chi connectivity index (χ3v) is 4.19. The van der Waals surface area contributed by atoms with Crippen molar-refractivity contribution in [2.75, 3.05) is 19.0 Å². The first-order valence-electron chi connectivity index (χ1n) is 7.93. The summed E-state index contributed by atoms with van der Waals surface area (Å²) in [6.07, 6.45) is 1.38. The van der Waals surface area contributed by atoms with Crippen LogP contribution < -0.4 is 10.5 Å². The molecule has 0 aliphatic heterocycles. The molecule has 7 nitrogen and oxygen atoms in total. The van der Waals surface area contributed by atoms with Crippen LogP contribution in [0.25, 0.3) is 0 Å². The van der Waals surface area contributed by atoms with E-state index in [1.165, 1.54) is 10.7 Å². The molecule has 0 N–H and O–H groups in total. The lowest BCUT2D eigenvalue weighted by Crippen LogP contribution is -2.29. The smallest absolute Gasteiger partial charge is 0.290 e. The van der Waals surface area contributed by atoms with Crippen molar-refractivity contribution >= 4 is 28.9 Å². The Morgan fingerprint density at radius 1 is 1.15 bits per heavy atom. The van der Waals surface area contributed by atoms with Gasteiger partial charge in [0.2, 0.25) is 5.89 Å². The van der Waals surface area contributed by atoms with Crippen molar-refractivity contribution in [1.29, 1.82) is 0 Å². The summed E-state index contributed by atoms with van der Waals surface area (Å²) >= 11 is 11.9. The van der Waals surface area contributed by atoms with E-state index in [2.05, 4.69) is 15.2 Å². The molecule has 2 aromatic heterocycles. The zero-order valence-corrected chi connectivity index (χ0v) is 15.8. The van der Waals surface area contributed by atoms with Gasteiger partial charge in [0.25, 0.3) is 5.56 Å². The van der Waals surface area contributed by atoms with Crippen LogP contribution in [0.2, 0.25) is 10.2 Å². The second-order valence-corrected chi connectivity index (χ2v) is 6.76. The number of anilines is 1. The molecule has 0 unspecified atom stereocenters. The van der Waals surface area contributed by atoms with Gasteiger partial charge in [0.1, 0.15) is 12.2 Å². The van der Waals surface area contributed by atoms with Crippen LogP contribution >= 0.6 is 23.2 Å². The van der Waals surface area contributed by atoms with E-state index in [0.29, 0.717) is 28.8 Å². The molecule has 3 rings (SSSR count). The van der Waals surface area contributed by atoms with E-state index < -0.39 is 0 Å². The van der Waals surface area contributed by atoms with Gasteiger partial charge in [0.15, 0.2) is 11.0 Å². The maximum Gasteiger partial charge on any atom is 0.290 e. The van der Waals surface area contributed by atoms with Crippen LogP contribution in [0.4, 0.5) is 5.69 Å². The third-order valence-electron chi connectivity index (χ3n) is 3.75. The highest BCUT2D eigenvalue weighted by Gasteiger charge is 2.13. The van der Waals surface area contributed by atoms with E-state index in [4.69, 9.17) is 27.7 Å². The summed E-state index contributed by atoms with van der Waals surface area (Å²) in [6, 6.07) is 9.13. The Kier molecular flexibility index (Phi) is 5.58. The molecule has 0 bridgehead atoms. The van der Waals surface area contributed by atoms with E-state index in [1.807, 2.05) is 24.3 Å². The van der Waals surface area contributed by atoms with Crippen LogP contribution in [0.1, 0.15) is 17.3 Å². The Balaban J connectivity index is 1.71. The summed E-state index contributed by atoms with van der Waals surface area (Å²) < 4.78 is 6.45. The van der Waals surface area contributed by atoms with Crippen LogP contribution in [0.5, 0.6) is 0 Å². The van der Waals surface area contributed by atoms with Gasteiger partial charge in [-0.15, -0.1) is 0 Å². The molecule has 2 heterocycles. The number of hydrogen-bond acceptors (Lipinski definition) is 6. The second kappa shape index (κ2) is 7.88. The van der Waals surface area contributed by atoms with E-state index in [1.54, 1.807) is 19.0 Å². The van der Waals surface area contributed by atoms with Gasteiger partial charge in [0, 0.05) is 31.6 Å². The van der Waals surface area contributed by atoms with Gasteiger partial charge in [-0.05, 0) is 24.1 Å². The predicted octanol–water partition coefficient (Wildman–Crippen LogP) is 2.83. The molecule has 0 amide bonds. The molecule has 1 aromatic carbocycles. The zero-order chi connectivity index (χ0) is 18.7. The molecule has 0 spiro atoms. The molecule has 136 valence electrons. The van der Waals surface area contributed by atoms with Gasteiger partial charge in [-0.2, -0.15) is 10.1 Å². The monoisotopic (exact) mass is 393 g/mol. The average molecular weight is 394 g/mol. The lowest BCUT2D eigenvalue weighted by Gasteiger charge is -2.13. The van der Waals surface area contributed by atoms with Gasteiger partial charge < -0.3 is 9.42 Å². The Morgan fingerprint density at radius 3 is 2.58 bits per heavy atom. The maximum atomic E-state index is 12.4. The summed E-state index contributed by atoms with van der Waals surface area (Å²) in [7, 11) is 3.53. The Hall–Kier alpha value is -2.38. The number of rotatable bonds is 6. The molecule has 0 saturated carbocycles. The van der Waals surface area contributed by atoms with Crippen LogP contribution in [0, 0.1) is 0 Å². The van der Waals surface area contributed by atoms with Gasteiger partial charge in [-0.25, -0.2) is 4.68 Å². The SMILES string of the molecule is CN(C)c1cc(Cl)nn(Cc2nc(CCc3ccc(Cl)cc3)no2)c1=O. The van der Waals surface area contributed by atoms with Crippen molar-refractivity contribution in [3.8, 4) is 0 Å². The maximum absolute atomic E-state index is 12.4. The number of nitrogens with zero attached hydrogens (tertiary/aromatic N) is 5. The molecule has 0 radical (unpaired) electrons. The van der Waals surface area contributed by atoms with Crippen LogP contribution in [0.3, 0.4) is 0 Å². The molecule has 26 heavy (non-hydrogen) atoms. The normalized spacial score (nSPS) is 10.9. The number of aromatic nitrogens is 4. The number of halogens is 2. The summed E-state index contributed by atoms with van der Waals surface area (Å²) in [5.74, 6) is 0.871. The minimum absolute atomic E-state index is 0.0637. The molecular formula is C17H17Cl2N5O2. The lowest BCUT2D eigenvalue weighted by molar-refractivity contribution is 0.358. The van der Waals surface area contributed by atoms with E-state index in [9.17, 15) is 4.79 Å². The van der Waals surface area contributed by atoms with Crippen LogP contribution in [-0.4, -0.2) is 34.0 Å². The quantitative estimate of drug-likeness (QED) is 0.640. The minimum Gasteiger partial charge on any atom is -0.373 e. The molecule has 9 heteroatoms. The Bertz CT molecular complexity index is 951. The summed E-state index contributed by atoms with van der Waals surface area (Å²) in [5, 5.41) is 8.90. The van der Waals surface area contributed by atoms with Crippen molar-refractivity contribution in [2.45, 2.75) is 19.4 Å². The molecular weight excluding hydrogens is 377 g/mol. The fourth-order valence-electron chi connectivity index (χ4n) is 2.42. The second-order valence-electron chi connectivity index (χ2n) is 5.94. The van der Waals surface area contributed by atoms with Crippen LogP contribution in [0.15, 0.2) is 39.6 Å². The zero-order valence-electron chi connectivity index (χ0n) is 14.3. The predicted molar refractivity (Wildman–Crippen MR) is 100 cm³/mol. The largest absolute Gasteiger partial charge is 0.373 e. The van der Waals surface area contributed by atoms with Gasteiger partial charge >= 0.3 is 0 Å². The van der Waals surface area contributed by atoms with Crippen LogP contribution in [-0.2, 0) is 19.4 Å². The van der Waals surface area contributed by atoms with Crippen molar-refractivity contribution < 1.29 is 4.52 Å². The third kappa shape index (κ3) is 4.42. The first-order chi connectivity index (χ1) is 12.4. The topological polar surface area (TPSA) is 77.1 Å². The molecule has 0 fully saturated rings. The van der Waals surface area contributed by atoms with Crippen molar-refractivity contribution in [1.82, 2.24) is 19.9 Å². The molecule has 0 atom stereocenters. The van der Waals surface area contributed by atoms with E-state index in [-0.39, 0.29) is 17.3 Å². The van der Waals surface area contributed by atoms with Crippen molar-refractivity contribution in [3.63, 3.8) is 0 Å². The fraction of sp³-hybridized carbons (Fsp3) is 0.294. The molecule has 0 aliphatic carbocycles. The summed E-state index contributed by atoms with van der Waals surface area (Å²) in [6.45, 7) is 0.0637. The average Bonchev–Trinajstić information content (AvgIpc) is 3.04. The summed E-state index contributed by atoms with van der Waals surface area (Å²) in [4.78, 5) is 18.4. The fourth-order valence-corrected chi connectivity index (χ4v) is 2.74. The molecule has 0 aliphatic rings. The molecule has 3 aromatic rings. The van der Waals surface area contributed by atoms with E-state index >= 15 is 0 Å². The standard InChI is InChI=1S/C17H17Cl2N5O2/c1-23(2)13-9-14(19)21-24(17(13)25)10-16-20-15(22-26-16)8-5-11-3-6-12(18)7-4-11/h3-4,6-7,9H,5,8,10H2,1-2H3. The summed E-state index contributed by atoms with van der Waals surface area (Å²) in [5.41, 5.74) is 1.29. The first-order valence-corrected chi connectivity index (χ1v) is 8.69. The first kappa shape index (κ1) is 18.4. The number of aryl methyl sites for hydroxylation is 2.